The zero-order valence-corrected chi connectivity index (χ0v) is 19.5. The Hall–Kier alpha value is -3.45. The molecule has 0 saturated carbocycles. The molecule has 3 aromatic rings. The van der Waals surface area contributed by atoms with Crippen LogP contribution < -0.4 is 0 Å². The van der Waals surface area contributed by atoms with E-state index in [0.717, 1.165) is 22.6 Å². The number of amides is 1. The third kappa shape index (κ3) is 4.48. The fourth-order valence-corrected chi connectivity index (χ4v) is 5.14. The first-order valence-electron chi connectivity index (χ1n) is 11.7. The molecule has 2 saturated heterocycles. The maximum atomic E-state index is 13.5. The molecule has 2 atom stereocenters. The summed E-state index contributed by atoms with van der Waals surface area (Å²) >= 11 is 0. The molecule has 0 aliphatic carbocycles. The van der Waals surface area contributed by atoms with Gasteiger partial charge in [-0.05, 0) is 50.5 Å². The van der Waals surface area contributed by atoms with E-state index in [1.165, 1.54) is 0 Å². The van der Waals surface area contributed by atoms with Crippen LogP contribution in [0.25, 0.3) is 5.69 Å². The molecule has 0 N–H and O–H groups in total. The van der Waals surface area contributed by atoms with Gasteiger partial charge < -0.3 is 9.47 Å². The number of benzene rings is 2. The second kappa shape index (κ2) is 9.43. The third-order valence-corrected chi connectivity index (χ3v) is 6.69. The van der Waals surface area contributed by atoms with Crippen molar-refractivity contribution < 1.29 is 19.1 Å². The van der Waals surface area contributed by atoms with Gasteiger partial charge in [-0.3, -0.25) is 9.69 Å². The number of piperidine rings is 1. The lowest BCUT2D eigenvalue weighted by Gasteiger charge is -2.47. The molecule has 1 amide bonds. The molecular weight excluding hydrogens is 430 g/mol. The van der Waals surface area contributed by atoms with Crippen molar-refractivity contribution in [2.75, 3.05) is 13.2 Å². The number of nitrogens with zero attached hydrogens (tertiary/aromatic N) is 3. The Bertz CT molecular complexity index is 1180. The first kappa shape index (κ1) is 22.3. The highest BCUT2D eigenvalue weighted by molar-refractivity contribution is 5.98. The third-order valence-electron chi connectivity index (χ3n) is 6.69. The molecule has 7 nitrogen and oxygen atoms in total. The van der Waals surface area contributed by atoms with Crippen LogP contribution >= 0.6 is 0 Å². The van der Waals surface area contributed by atoms with E-state index in [2.05, 4.69) is 5.10 Å². The van der Waals surface area contributed by atoms with Gasteiger partial charge in [0.1, 0.15) is 6.61 Å². The second-order valence-corrected chi connectivity index (χ2v) is 9.21. The van der Waals surface area contributed by atoms with Crippen LogP contribution in [-0.2, 0) is 16.1 Å². The maximum absolute atomic E-state index is 13.5. The van der Waals surface area contributed by atoms with Crippen LogP contribution in [-0.4, -0.2) is 51.9 Å². The second-order valence-electron chi connectivity index (χ2n) is 9.21. The Labute approximate surface area is 199 Å². The number of aryl methyl sites for hydroxylation is 2. The largest absolute Gasteiger partial charge is 0.445 e. The molecule has 0 spiro atoms. The summed E-state index contributed by atoms with van der Waals surface area (Å²) in [5.74, 6) is -0.0506. The van der Waals surface area contributed by atoms with Crippen molar-refractivity contribution in [2.24, 2.45) is 5.92 Å². The van der Waals surface area contributed by atoms with Crippen molar-refractivity contribution in [3.05, 3.63) is 83.2 Å². The maximum Gasteiger partial charge on any atom is 0.410 e. The predicted octanol–water partition coefficient (Wildman–Crippen LogP) is 4.49. The van der Waals surface area contributed by atoms with Gasteiger partial charge in [0.05, 0.1) is 36.7 Å². The van der Waals surface area contributed by atoms with Gasteiger partial charge in [0.2, 0.25) is 0 Å². The number of ether oxygens (including phenoxy) is 2. The van der Waals surface area contributed by atoms with Crippen molar-refractivity contribution in [2.45, 2.75) is 45.4 Å². The molecule has 2 aliphatic heterocycles. The standard InChI is InChI=1S/C27H29N3O4/c1-18-11-19(2)30(28-18)23-10-6-9-21(12-23)26(31)22-13-24-16-33-17-25(14-22)29(24)27(32)34-15-20-7-4-3-5-8-20/h3-12,22,24-25H,13-17H2,1-2H3. The van der Waals surface area contributed by atoms with E-state index in [1.807, 2.05) is 79.2 Å². The smallest absolute Gasteiger partial charge is 0.410 e. The summed E-state index contributed by atoms with van der Waals surface area (Å²) in [5.41, 5.74) is 4.46. The molecule has 34 heavy (non-hydrogen) atoms. The zero-order chi connectivity index (χ0) is 23.7. The molecule has 0 radical (unpaired) electrons. The van der Waals surface area contributed by atoms with E-state index in [-0.39, 0.29) is 36.5 Å². The van der Waals surface area contributed by atoms with Crippen LogP contribution in [0.5, 0.6) is 0 Å². The number of hydrogen-bond acceptors (Lipinski definition) is 5. The fourth-order valence-electron chi connectivity index (χ4n) is 5.14. The van der Waals surface area contributed by atoms with Crippen LogP contribution in [0, 0.1) is 19.8 Å². The molecule has 7 heteroatoms. The molecule has 1 aromatic heterocycles. The number of fused-ring (bicyclic) bond motifs is 2. The first-order valence-corrected chi connectivity index (χ1v) is 11.7. The first-order chi connectivity index (χ1) is 16.5. The lowest BCUT2D eigenvalue weighted by molar-refractivity contribution is -0.0755. The highest BCUT2D eigenvalue weighted by Gasteiger charge is 2.44. The fraction of sp³-hybridized carbons (Fsp3) is 0.370. The molecule has 2 unspecified atom stereocenters. The molecule has 2 aromatic carbocycles. The summed E-state index contributed by atoms with van der Waals surface area (Å²) in [4.78, 5) is 28.2. The Kier molecular flexibility index (Phi) is 6.20. The SMILES string of the molecule is Cc1cc(C)n(-c2cccc(C(=O)C3CC4COCC(C3)N4C(=O)OCc3ccccc3)c2)n1. The number of rotatable bonds is 5. The van der Waals surface area contributed by atoms with E-state index in [1.54, 1.807) is 4.90 Å². The van der Waals surface area contributed by atoms with Gasteiger partial charge in [0.15, 0.2) is 5.78 Å². The van der Waals surface area contributed by atoms with E-state index < -0.39 is 0 Å². The summed E-state index contributed by atoms with van der Waals surface area (Å²) in [6.07, 6.45) is 0.805. The monoisotopic (exact) mass is 459 g/mol. The summed E-state index contributed by atoms with van der Waals surface area (Å²) in [6, 6.07) is 19.0. The van der Waals surface area contributed by atoms with Crippen molar-refractivity contribution in [1.29, 1.82) is 0 Å². The van der Waals surface area contributed by atoms with E-state index in [9.17, 15) is 9.59 Å². The number of Topliss-reactive ketones (excluding diaryl/α,β-unsaturated/α-hetero) is 1. The highest BCUT2D eigenvalue weighted by atomic mass is 16.6. The normalized spacial score (nSPS) is 21.8. The number of carbonyl (C=O) groups is 2. The average molecular weight is 460 g/mol. The number of hydrogen-bond donors (Lipinski definition) is 0. The molecule has 2 aliphatic rings. The lowest BCUT2D eigenvalue weighted by Crippen LogP contribution is -2.59. The minimum absolute atomic E-state index is 0.109. The Morgan fingerprint density at radius 3 is 2.41 bits per heavy atom. The van der Waals surface area contributed by atoms with Gasteiger partial charge in [-0.1, -0.05) is 42.5 Å². The summed E-state index contributed by atoms with van der Waals surface area (Å²) < 4.78 is 13.2. The van der Waals surface area contributed by atoms with Crippen molar-refractivity contribution in [1.82, 2.24) is 14.7 Å². The van der Waals surface area contributed by atoms with Crippen LogP contribution in [0.4, 0.5) is 4.79 Å². The molecule has 2 fully saturated rings. The molecule has 3 heterocycles. The highest BCUT2D eigenvalue weighted by Crippen LogP contribution is 2.34. The van der Waals surface area contributed by atoms with Crippen LogP contribution in [0.2, 0.25) is 0 Å². The van der Waals surface area contributed by atoms with Gasteiger partial charge in [0.25, 0.3) is 0 Å². The van der Waals surface area contributed by atoms with Crippen LogP contribution in [0.1, 0.15) is 40.2 Å². The minimum Gasteiger partial charge on any atom is -0.445 e. The van der Waals surface area contributed by atoms with E-state index in [4.69, 9.17) is 9.47 Å². The molecule has 5 rings (SSSR count). The Morgan fingerprint density at radius 2 is 1.74 bits per heavy atom. The quantitative estimate of drug-likeness (QED) is 0.526. The Balaban J connectivity index is 1.29. The van der Waals surface area contributed by atoms with Gasteiger partial charge in [-0.2, -0.15) is 5.10 Å². The molecule has 176 valence electrons. The number of carbonyl (C=O) groups excluding carboxylic acids is 2. The predicted molar refractivity (Wildman–Crippen MR) is 127 cm³/mol. The summed E-state index contributed by atoms with van der Waals surface area (Å²) in [6.45, 7) is 5.04. The molecular formula is C27H29N3O4. The number of ketones is 1. The average Bonchev–Trinajstić information content (AvgIpc) is 3.19. The summed E-state index contributed by atoms with van der Waals surface area (Å²) in [5, 5.41) is 4.54. The van der Waals surface area contributed by atoms with Crippen molar-refractivity contribution in [3.8, 4) is 5.69 Å². The van der Waals surface area contributed by atoms with Crippen molar-refractivity contribution >= 4 is 11.9 Å². The number of aromatic nitrogens is 2. The molecule has 2 bridgehead atoms. The van der Waals surface area contributed by atoms with E-state index in [0.29, 0.717) is 31.6 Å². The van der Waals surface area contributed by atoms with Gasteiger partial charge in [-0.25, -0.2) is 9.48 Å². The zero-order valence-electron chi connectivity index (χ0n) is 19.5. The van der Waals surface area contributed by atoms with Gasteiger partial charge in [0, 0.05) is 17.2 Å². The number of morpholine rings is 1. The van der Waals surface area contributed by atoms with Gasteiger partial charge >= 0.3 is 6.09 Å². The summed E-state index contributed by atoms with van der Waals surface area (Å²) in [7, 11) is 0. The minimum atomic E-state index is -0.334. The van der Waals surface area contributed by atoms with Crippen LogP contribution in [0.3, 0.4) is 0 Å². The van der Waals surface area contributed by atoms with Crippen LogP contribution in [0.15, 0.2) is 60.7 Å². The van der Waals surface area contributed by atoms with Gasteiger partial charge in [-0.15, -0.1) is 0 Å². The van der Waals surface area contributed by atoms with Crippen molar-refractivity contribution in [3.63, 3.8) is 0 Å². The Morgan fingerprint density at radius 1 is 1.00 bits per heavy atom. The topological polar surface area (TPSA) is 73.7 Å². The lowest BCUT2D eigenvalue weighted by atomic mass is 9.81. The van der Waals surface area contributed by atoms with E-state index >= 15 is 0 Å².